The molecular formula is C21H30N4O2. The summed E-state index contributed by atoms with van der Waals surface area (Å²) in [5, 5.41) is 4.61. The normalized spacial score (nSPS) is 17.5. The second-order valence-electron chi connectivity index (χ2n) is 7.62. The van der Waals surface area contributed by atoms with Gasteiger partial charge in [0.15, 0.2) is 0 Å². The minimum atomic E-state index is 0.0639. The third-order valence-electron chi connectivity index (χ3n) is 4.84. The van der Waals surface area contributed by atoms with E-state index in [1.807, 2.05) is 40.9 Å². The Hall–Kier alpha value is -2.21. The molecule has 1 fully saturated rings. The minimum Gasteiger partial charge on any atom is -0.372 e. The average Bonchev–Trinajstić information content (AvgIpc) is 3.09. The Morgan fingerprint density at radius 2 is 2.26 bits per heavy atom. The molecule has 0 spiro atoms. The Morgan fingerprint density at radius 1 is 1.41 bits per heavy atom. The van der Waals surface area contributed by atoms with E-state index in [-0.39, 0.29) is 12.0 Å². The monoisotopic (exact) mass is 370 g/mol. The zero-order chi connectivity index (χ0) is 19.2. The molecule has 1 atom stereocenters. The molecule has 1 aliphatic rings. The molecule has 146 valence electrons. The number of aromatic nitrogens is 3. The van der Waals surface area contributed by atoms with E-state index in [4.69, 9.17) is 4.74 Å². The Morgan fingerprint density at radius 3 is 2.96 bits per heavy atom. The highest BCUT2D eigenvalue weighted by molar-refractivity contribution is 5.92. The highest BCUT2D eigenvalue weighted by Gasteiger charge is 2.27. The van der Waals surface area contributed by atoms with E-state index in [1.165, 1.54) is 0 Å². The zero-order valence-electron chi connectivity index (χ0n) is 16.6. The maximum absolute atomic E-state index is 13.1. The summed E-state index contributed by atoms with van der Waals surface area (Å²) < 4.78 is 7.88. The summed E-state index contributed by atoms with van der Waals surface area (Å²) >= 11 is 0. The van der Waals surface area contributed by atoms with Crippen molar-refractivity contribution in [1.82, 2.24) is 19.7 Å². The van der Waals surface area contributed by atoms with E-state index in [0.717, 1.165) is 37.1 Å². The third-order valence-corrected chi connectivity index (χ3v) is 4.84. The minimum absolute atomic E-state index is 0.0639. The van der Waals surface area contributed by atoms with Gasteiger partial charge in [-0.2, -0.15) is 5.10 Å². The Balaban J connectivity index is 1.63. The molecule has 2 aromatic rings. The first-order chi connectivity index (χ1) is 13.1. The molecule has 0 N–H and O–H groups in total. The molecule has 0 saturated carbocycles. The summed E-state index contributed by atoms with van der Waals surface area (Å²) in [6.45, 7) is 9.01. The largest absolute Gasteiger partial charge is 0.372 e. The van der Waals surface area contributed by atoms with Crippen LogP contribution >= 0.6 is 0 Å². The van der Waals surface area contributed by atoms with Gasteiger partial charge in [0.05, 0.1) is 18.4 Å². The topological polar surface area (TPSA) is 60.2 Å². The number of carbonyl (C=O) groups excluding carboxylic acids is 1. The second kappa shape index (κ2) is 9.13. The van der Waals surface area contributed by atoms with Crippen LogP contribution in [0.2, 0.25) is 0 Å². The van der Waals surface area contributed by atoms with Crippen LogP contribution in [0.25, 0.3) is 0 Å². The fourth-order valence-electron chi connectivity index (χ4n) is 3.52. The number of hydrogen-bond donors (Lipinski definition) is 0. The van der Waals surface area contributed by atoms with Crippen LogP contribution in [0.5, 0.6) is 0 Å². The Bertz CT molecular complexity index is 742. The van der Waals surface area contributed by atoms with Gasteiger partial charge in [0.1, 0.15) is 5.69 Å². The molecule has 0 bridgehead atoms. The van der Waals surface area contributed by atoms with Gasteiger partial charge in [-0.15, -0.1) is 0 Å². The molecule has 27 heavy (non-hydrogen) atoms. The van der Waals surface area contributed by atoms with Crippen molar-refractivity contribution in [2.24, 2.45) is 5.92 Å². The molecule has 1 saturated heterocycles. The molecule has 1 amide bonds. The van der Waals surface area contributed by atoms with Crippen LogP contribution in [0.4, 0.5) is 0 Å². The number of carbonyl (C=O) groups is 1. The number of rotatable bonds is 7. The van der Waals surface area contributed by atoms with E-state index >= 15 is 0 Å². The number of ether oxygens (including phenoxy) is 1. The lowest BCUT2D eigenvalue weighted by molar-refractivity contribution is -0.00713. The standard InChI is InChI=1S/C21H30N4O2/c1-4-25-20(12-18(23-25)11-16(2)3)21(26)24-10-6-8-19(14-24)27-15-17-7-5-9-22-13-17/h5,7,9,12-13,16,19H,4,6,8,10-11,14-15H2,1-3H3/t19-/m1/s1. The van der Waals surface area contributed by atoms with Gasteiger partial charge in [-0.25, -0.2) is 0 Å². The van der Waals surface area contributed by atoms with E-state index < -0.39 is 0 Å². The van der Waals surface area contributed by atoms with E-state index in [2.05, 4.69) is 23.9 Å². The molecule has 3 heterocycles. The van der Waals surface area contributed by atoms with Crippen molar-refractivity contribution >= 4 is 5.91 Å². The predicted octanol–water partition coefficient (Wildman–Crippen LogP) is 3.32. The van der Waals surface area contributed by atoms with Crippen LogP contribution in [0.3, 0.4) is 0 Å². The quantitative estimate of drug-likeness (QED) is 0.750. The lowest BCUT2D eigenvalue weighted by Gasteiger charge is -2.32. The third kappa shape index (κ3) is 5.16. The molecule has 6 heteroatoms. The molecule has 1 aliphatic heterocycles. The van der Waals surface area contributed by atoms with Gasteiger partial charge in [-0.3, -0.25) is 14.5 Å². The van der Waals surface area contributed by atoms with Crippen molar-refractivity contribution in [1.29, 1.82) is 0 Å². The zero-order valence-corrected chi connectivity index (χ0v) is 16.6. The summed E-state index contributed by atoms with van der Waals surface area (Å²) in [5.41, 5.74) is 2.75. The number of amides is 1. The molecule has 2 aromatic heterocycles. The molecule has 6 nitrogen and oxygen atoms in total. The number of hydrogen-bond acceptors (Lipinski definition) is 4. The van der Waals surface area contributed by atoms with Crippen molar-refractivity contribution in [3.05, 3.63) is 47.5 Å². The maximum atomic E-state index is 13.1. The Labute approximate surface area is 161 Å². The molecular weight excluding hydrogens is 340 g/mol. The van der Waals surface area contributed by atoms with Crippen molar-refractivity contribution in [2.75, 3.05) is 13.1 Å². The van der Waals surface area contributed by atoms with Crippen LogP contribution in [-0.4, -0.2) is 44.8 Å². The first kappa shape index (κ1) is 19.5. The van der Waals surface area contributed by atoms with Crippen LogP contribution in [0, 0.1) is 5.92 Å². The summed E-state index contributed by atoms with van der Waals surface area (Å²) in [6, 6.07) is 5.89. The maximum Gasteiger partial charge on any atom is 0.272 e. The van der Waals surface area contributed by atoms with Gasteiger partial charge in [-0.05, 0) is 49.8 Å². The molecule has 0 aromatic carbocycles. The van der Waals surface area contributed by atoms with E-state index in [1.54, 1.807) is 6.20 Å². The van der Waals surface area contributed by atoms with Gasteiger partial charge < -0.3 is 9.64 Å². The van der Waals surface area contributed by atoms with Crippen molar-refractivity contribution < 1.29 is 9.53 Å². The van der Waals surface area contributed by atoms with Gasteiger partial charge in [0.25, 0.3) is 5.91 Å². The van der Waals surface area contributed by atoms with Gasteiger partial charge in [0, 0.05) is 32.0 Å². The summed E-state index contributed by atoms with van der Waals surface area (Å²) in [6.07, 6.45) is 6.48. The molecule has 0 radical (unpaired) electrons. The highest BCUT2D eigenvalue weighted by atomic mass is 16.5. The molecule has 0 unspecified atom stereocenters. The van der Waals surface area contributed by atoms with Crippen LogP contribution in [-0.2, 0) is 24.3 Å². The fraction of sp³-hybridized carbons (Fsp3) is 0.571. The number of aryl methyl sites for hydroxylation is 1. The van der Waals surface area contributed by atoms with Crippen LogP contribution in [0.1, 0.15) is 55.4 Å². The second-order valence-corrected chi connectivity index (χ2v) is 7.62. The SMILES string of the molecule is CCn1nc(CC(C)C)cc1C(=O)N1CCC[C@@H](OCc2cccnc2)C1. The fourth-order valence-corrected chi connectivity index (χ4v) is 3.52. The van der Waals surface area contributed by atoms with Crippen LogP contribution < -0.4 is 0 Å². The number of pyridine rings is 1. The highest BCUT2D eigenvalue weighted by Crippen LogP contribution is 2.19. The first-order valence-corrected chi connectivity index (χ1v) is 9.93. The van der Waals surface area contributed by atoms with Crippen molar-refractivity contribution in [2.45, 2.75) is 59.3 Å². The lowest BCUT2D eigenvalue weighted by Crippen LogP contribution is -2.43. The van der Waals surface area contributed by atoms with Crippen LogP contribution in [0.15, 0.2) is 30.6 Å². The summed E-state index contributed by atoms with van der Waals surface area (Å²) in [7, 11) is 0. The molecule has 3 rings (SSSR count). The summed E-state index contributed by atoms with van der Waals surface area (Å²) in [5.74, 6) is 0.586. The van der Waals surface area contributed by atoms with Gasteiger partial charge in [0.2, 0.25) is 0 Å². The predicted molar refractivity (Wildman–Crippen MR) is 104 cm³/mol. The number of nitrogens with zero attached hydrogens (tertiary/aromatic N) is 4. The lowest BCUT2D eigenvalue weighted by atomic mass is 10.1. The number of likely N-dealkylation sites (tertiary alicyclic amines) is 1. The van der Waals surface area contributed by atoms with E-state index in [0.29, 0.717) is 31.3 Å². The van der Waals surface area contributed by atoms with Crippen molar-refractivity contribution in [3.8, 4) is 0 Å². The summed E-state index contributed by atoms with van der Waals surface area (Å²) in [4.78, 5) is 19.1. The van der Waals surface area contributed by atoms with Gasteiger partial charge in [-0.1, -0.05) is 19.9 Å². The Kier molecular flexibility index (Phi) is 6.61. The molecule has 0 aliphatic carbocycles. The van der Waals surface area contributed by atoms with Gasteiger partial charge >= 0.3 is 0 Å². The average molecular weight is 370 g/mol. The smallest absolute Gasteiger partial charge is 0.272 e. The van der Waals surface area contributed by atoms with Crippen molar-refractivity contribution in [3.63, 3.8) is 0 Å². The van der Waals surface area contributed by atoms with E-state index in [9.17, 15) is 4.79 Å². The number of piperidine rings is 1. The first-order valence-electron chi connectivity index (χ1n) is 9.93.